The van der Waals surface area contributed by atoms with Crippen molar-refractivity contribution in [3.63, 3.8) is 0 Å². The Bertz CT molecular complexity index is 779. The van der Waals surface area contributed by atoms with Crippen molar-refractivity contribution in [2.45, 2.75) is 18.9 Å². The molecule has 0 bridgehead atoms. The molecule has 1 aliphatic heterocycles. The molecule has 2 heterocycles. The summed E-state index contributed by atoms with van der Waals surface area (Å²) in [6.45, 7) is 2.55. The number of hydrogen-bond acceptors (Lipinski definition) is 5. The molecule has 150 valence electrons. The Balaban J connectivity index is 1.39. The van der Waals surface area contributed by atoms with E-state index in [1.165, 1.54) is 24.6 Å². The number of rotatable bonds is 9. The van der Waals surface area contributed by atoms with E-state index in [9.17, 15) is 9.59 Å². The van der Waals surface area contributed by atoms with Gasteiger partial charge < -0.3 is 15.1 Å². The lowest BCUT2D eigenvalue weighted by Crippen LogP contribution is -2.37. The number of furan rings is 1. The fourth-order valence-electron chi connectivity index (χ4n) is 3.21. The van der Waals surface area contributed by atoms with Crippen LogP contribution in [0.1, 0.15) is 24.6 Å². The van der Waals surface area contributed by atoms with E-state index in [0.29, 0.717) is 6.54 Å². The molecule has 0 aliphatic carbocycles. The standard InChI is InChI=1S/C20H24BrN3O3S/c21-15-5-3-6-16(11-15)23-20(26)14-28-13-19(25)22-12-17(18-7-4-10-27-18)24-8-1-2-9-24/h3-7,10-11,17H,1-2,8-9,12-14H2,(H,22,25)(H,23,26). The number of carbonyl (C=O) groups excluding carboxylic acids is 2. The minimum absolute atomic E-state index is 0.0614. The van der Waals surface area contributed by atoms with Gasteiger partial charge in [0, 0.05) is 16.7 Å². The van der Waals surface area contributed by atoms with Crippen LogP contribution in [0.5, 0.6) is 0 Å². The predicted molar refractivity (Wildman–Crippen MR) is 115 cm³/mol. The largest absolute Gasteiger partial charge is 0.468 e. The molecule has 1 saturated heterocycles. The summed E-state index contributed by atoms with van der Waals surface area (Å²) in [6.07, 6.45) is 4.02. The van der Waals surface area contributed by atoms with Gasteiger partial charge in [-0.3, -0.25) is 14.5 Å². The number of thioether (sulfide) groups is 1. The quantitative estimate of drug-likeness (QED) is 0.590. The molecule has 0 radical (unpaired) electrons. The van der Waals surface area contributed by atoms with Crippen LogP contribution >= 0.6 is 27.7 Å². The first-order valence-electron chi connectivity index (χ1n) is 9.29. The van der Waals surface area contributed by atoms with E-state index < -0.39 is 0 Å². The van der Waals surface area contributed by atoms with E-state index in [0.717, 1.165) is 29.0 Å². The SMILES string of the molecule is O=C(CSCC(=O)Nc1cccc(Br)c1)NCC(c1ccco1)N1CCCC1. The molecule has 28 heavy (non-hydrogen) atoms. The summed E-state index contributed by atoms with van der Waals surface area (Å²) in [5, 5.41) is 5.80. The van der Waals surface area contributed by atoms with Crippen LogP contribution in [0.2, 0.25) is 0 Å². The van der Waals surface area contributed by atoms with Crippen molar-refractivity contribution in [3.05, 3.63) is 52.9 Å². The summed E-state index contributed by atoms with van der Waals surface area (Å²) in [5.74, 6) is 1.16. The summed E-state index contributed by atoms with van der Waals surface area (Å²) in [7, 11) is 0. The number of carbonyl (C=O) groups is 2. The Morgan fingerprint density at radius 2 is 1.93 bits per heavy atom. The second kappa shape index (κ2) is 10.7. The summed E-state index contributed by atoms with van der Waals surface area (Å²) in [5.41, 5.74) is 0.733. The Morgan fingerprint density at radius 1 is 1.14 bits per heavy atom. The third kappa shape index (κ3) is 6.39. The second-order valence-electron chi connectivity index (χ2n) is 6.63. The predicted octanol–water partition coefficient (Wildman–Crippen LogP) is 3.67. The highest BCUT2D eigenvalue weighted by Gasteiger charge is 2.25. The molecule has 1 unspecified atom stereocenters. The molecule has 1 aliphatic rings. The average Bonchev–Trinajstić information content (AvgIpc) is 3.36. The maximum absolute atomic E-state index is 12.2. The van der Waals surface area contributed by atoms with E-state index in [2.05, 4.69) is 31.5 Å². The molecule has 0 spiro atoms. The molecule has 2 aromatic rings. The number of anilines is 1. The van der Waals surface area contributed by atoms with E-state index in [4.69, 9.17) is 4.42 Å². The van der Waals surface area contributed by atoms with Crippen molar-refractivity contribution in [2.75, 3.05) is 36.5 Å². The normalized spacial score (nSPS) is 15.3. The van der Waals surface area contributed by atoms with Crippen molar-refractivity contribution in [1.82, 2.24) is 10.2 Å². The number of hydrogen-bond donors (Lipinski definition) is 2. The monoisotopic (exact) mass is 465 g/mol. The van der Waals surface area contributed by atoms with Gasteiger partial charge in [-0.2, -0.15) is 0 Å². The summed E-state index contributed by atoms with van der Waals surface area (Å²) >= 11 is 4.67. The smallest absolute Gasteiger partial charge is 0.234 e. The lowest BCUT2D eigenvalue weighted by molar-refractivity contribution is -0.118. The Hall–Kier alpha value is -1.77. The van der Waals surface area contributed by atoms with Crippen LogP contribution in [0.4, 0.5) is 5.69 Å². The summed E-state index contributed by atoms with van der Waals surface area (Å²) < 4.78 is 6.47. The third-order valence-electron chi connectivity index (χ3n) is 4.52. The van der Waals surface area contributed by atoms with Crippen molar-refractivity contribution >= 4 is 45.2 Å². The fourth-order valence-corrected chi connectivity index (χ4v) is 4.25. The van der Waals surface area contributed by atoms with Crippen molar-refractivity contribution < 1.29 is 14.0 Å². The van der Waals surface area contributed by atoms with Crippen LogP contribution in [-0.2, 0) is 9.59 Å². The molecule has 8 heteroatoms. The van der Waals surface area contributed by atoms with Crippen molar-refractivity contribution in [1.29, 1.82) is 0 Å². The zero-order valence-electron chi connectivity index (χ0n) is 15.5. The van der Waals surface area contributed by atoms with Crippen LogP contribution < -0.4 is 10.6 Å². The molecule has 1 atom stereocenters. The molecule has 1 fully saturated rings. The highest BCUT2D eigenvalue weighted by molar-refractivity contribution is 9.10. The van der Waals surface area contributed by atoms with Crippen LogP contribution in [0, 0.1) is 0 Å². The number of nitrogens with one attached hydrogen (secondary N) is 2. The maximum atomic E-state index is 12.2. The zero-order chi connectivity index (χ0) is 19.8. The first-order chi connectivity index (χ1) is 13.6. The van der Waals surface area contributed by atoms with Gasteiger partial charge in [0.25, 0.3) is 0 Å². The second-order valence-corrected chi connectivity index (χ2v) is 8.53. The van der Waals surface area contributed by atoms with Crippen molar-refractivity contribution in [2.24, 2.45) is 0 Å². The topological polar surface area (TPSA) is 74.6 Å². The first-order valence-corrected chi connectivity index (χ1v) is 11.2. The maximum Gasteiger partial charge on any atom is 0.234 e. The van der Waals surface area contributed by atoms with E-state index in [1.807, 2.05) is 36.4 Å². The molecule has 2 amide bonds. The van der Waals surface area contributed by atoms with Gasteiger partial charge in [0.05, 0.1) is 23.8 Å². The van der Waals surface area contributed by atoms with Gasteiger partial charge in [-0.15, -0.1) is 11.8 Å². The lowest BCUT2D eigenvalue weighted by Gasteiger charge is -2.25. The van der Waals surface area contributed by atoms with Crippen LogP contribution in [0.3, 0.4) is 0 Å². The van der Waals surface area contributed by atoms with Crippen LogP contribution in [0.15, 0.2) is 51.6 Å². The molecule has 6 nitrogen and oxygen atoms in total. The van der Waals surface area contributed by atoms with E-state index in [-0.39, 0.29) is 29.4 Å². The van der Waals surface area contributed by atoms with Crippen molar-refractivity contribution in [3.8, 4) is 0 Å². The van der Waals surface area contributed by atoms with Gasteiger partial charge >= 0.3 is 0 Å². The Morgan fingerprint density at radius 3 is 2.64 bits per heavy atom. The third-order valence-corrected chi connectivity index (χ3v) is 5.95. The van der Waals surface area contributed by atoms with Crippen LogP contribution in [0.25, 0.3) is 0 Å². The molecule has 0 saturated carbocycles. The van der Waals surface area contributed by atoms with Gasteiger partial charge in [-0.25, -0.2) is 0 Å². The number of benzene rings is 1. The first kappa shape index (κ1) is 21.0. The number of halogens is 1. The molecular formula is C20H24BrN3O3S. The molecular weight excluding hydrogens is 442 g/mol. The molecule has 1 aromatic carbocycles. The highest BCUT2D eigenvalue weighted by atomic mass is 79.9. The molecule has 3 rings (SSSR count). The van der Waals surface area contributed by atoms with Crippen LogP contribution in [-0.4, -0.2) is 47.9 Å². The number of amides is 2. The number of nitrogens with zero attached hydrogens (tertiary/aromatic N) is 1. The van der Waals surface area contributed by atoms with Gasteiger partial charge in [-0.05, 0) is 56.3 Å². The summed E-state index contributed by atoms with van der Waals surface area (Å²) in [6, 6.07) is 11.3. The minimum atomic E-state index is -0.124. The van der Waals surface area contributed by atoms with E-state index >= 15 is 0 Å². The zero-order valence-corrected chi connectivity index (χ0v) is 17.9. The average molecular weight is 466 g/mol. The van der Waals surface area contributed by atoms with Gasteiger partial charge in [-0.1, -0.05) is 22.0 Å². The summed E-state index contributed by atoms with van der Waals surface area (Å²) in [4.78, 5) is 26.5. The highest BCUT2D eigenvalue weighted by Crippen LogP contribution is 2.25. The fraction of sp³-hybridized carbons (Fsp3) is 0.400. The van der Waals surface area contributed by atoms with Gasteiger partial charge in [0.1, 0.15) is 5.76 Å². The molecule has 1 aromatic heterocycles. The number of likely N-dealkylation sites (tertiary alicyclic amines) is 1. The van der Waals surface area contributed by atoms with Gasteiger partial charge in [0.15, 0.2) is 0 Å². The Kier molecular flexibility index (Phi) is 8.00. The Labute approximate surface area is 177 Å². The van der Waals surface area contributed by atoms with E-state index in [1.54, 1.807) is 6.26 Å². The van der Waals surface area contributed by atoms with Gasteiger partial charge in [0.2, 0.25) is 11.8 Å². The lowest BCUT2D eigenvalue weighted by atomic mass is 10.2. The molecule has 2 N–H and O–H groups in total. The minimum Gasteiger partial charge on any atom is -0.468 e.